The van der Waals surface area contributed by atoms with Gasteiger partial charge in [0.25, 0.3) is 0 Å². The minimum absolute atomic E-state index is 0.118. The van der Waals surface area contributed by atoms with Crippen LogP contribution < -0.4 is 5.32 Å². The van der Waals surface area contributed by atoms with Crippen molar-refractivity contribution >= 4 is 34.9 Å². The monoisotopic (exact) mass is 410 g/mol. The summed E-state index contributed by atoms with van der Waals surface area (Å²) < 4.78 is 1.76. The lowest BCUT2D eigenvalue weighted by molar-refractivity contribution is -0.116. The van der Waals surface area contributed by atoms with E-state index in [1.54, 1.807) is 16.8 Å². The van der Waals surface area contributed by atoms with Crippen LogP contribution in [0.3, 0.4) is 0 Å². The maximum Gasteiger partial charge on any atom is 0.226 e. The molecule has 5 nitrogen and oxygen atoms in total. The first-order chi connectivity index (χ1) is 13.6. The van der Waals surface area contributed by atoms with Crippen LogP contribution in [0.5, 0.6) is 0 Å². The largest absolute Gasteiger partial charge is 0.328 e. The van der Waals surface area contributed by atoms with Gasteiger partial charge in [-0.3, -0.25) is 4.79 Å². The maximum absolute atomic E-state index is 12.8. The Bertz CT molecular complexity index is 1120. The third-order valence-electron chi connectivity index (χ3n) is 5.16. The Hall–Kier alpha value is -2.63. The molecule has 0 unspecified atom stereocenters. The van der Waals surface area contributed by atoms with Gasteiger partial charge < -0.3 is 5.32 Å². The summed E-state index contributed by atoms with van der Waals surface area (Å²) in [7, 11) is 0. The fourth-order valence-corrected chi connectivity index (χ4v) is 4.39. The first kappa shape index (κ1) is 17.5. The number of allylic oxidation sites excluding steroid dienone is 2. The predicted octanol–water partition coefficient (Wildman–Crippen LogP) is 5.27. The van der Waals surface area contributed by atoms with Gasteiger partial charge in [0.05, 0.1) is 0 Å². The van der Waals surface area contributed by atoms with E-state index >= 15 is 0 Å². The number of carbonyl (C=O) groups excluding carboxylic acids is 1. The van der Waals surface area contributed by atoms with Gasteiger partial charge >= 0.3 is 0 Å². The van der Waals surface area contributed by atoms with E-state index in [1.807, 2.05) is 36.4 Å². The van der Waals surface area contributed by atoms with Gasteiger partial charge in [0.1, 0.15) is 6.04 Å². The van der Waals surface area contributed by atoms with Gasteiger partial charge in [-0.05, 0) is 25.0 Å². The van der Waals surface area contributed by atoms with Crippen molar-refractivity contribution in [3.63, 3.8) is 0 Å². The molecule has 0 saturated carbocycles. The SMILES string of the molecule is O=C1CCCC2=C1[C@H](c1ccc(Cl)cc1Cl)n1nc(-c3ccccc3)nc1N2. The Morgan fingerprint density at radius 1 is 1.07 bits per heavy atom. The molecule has 7 heteroatoms. The van der Waals surface area contributed by atoms with Crippen LogP contribution in [0.2, 0.25) is 10.0 Å². The molecule has 1 aliphatic heterocycles. The summed E-state index contributed by atoms with van der Waals surface area (Å²) in [4.78, 5) is 17.5. The summed E-state index contributed by atoms with van der Waals surface area (Å²) in [6.07, 6.45) is 2.15. The van der Waals surface area contributed by atoms with Crippen LogP contribution in [0.4, 0.5) is 5.95 Å². The van der Waals surface area contributed by atoms with Crippen molar-refractivity contribution in [1.29, 1.82) is 0 Å². The van der Waals surface area contributed by atoms with Crippen molar-refractivity contribution in [3.8, 4) is 11.4 Å². The molecule has 5 rings (SSSR count). The molecule has 3 aromatic rings. The molecular weight excluding hydrogens is 395 g/mol. The summed E-state index contributed by atoms with van der Waals surface area (Å²) in [6.45, 7) is 0. The fourth-order valence-electron chi connectivity index (χ4n) is 3.88. The summed E-state index contributed by atoms with van der Waals surface area (Å²) >= 11 is 12.6. The van der Waals surface area contributed by atoms with Crippen molar-refractivity contribution in [2.24, 2.45) is 0 Å². The second kappa shape index (κ2) is 6.76. The zero-order valence-electron chi connectivity index (χ0n) is 14.8. The standard InChI is InChI=1S/C21H16Cl2N4O/c22-13-9-10-14(15(23)11-13)19-18-16(7-4-8-17(18)28)24-21-25-20(26-27(19)21)12-5-2-1-3-6-12/h1-3,5-6,9-11,19H,4,7-8H2,(H,24,25,26)/t19-/m0/s1. The third-order valence-corrected chi connectivity index (χ3v) is 5.72. The van der Waals surface area contributed by atoms with Gasteiger partial charge in [0.15, 0.2) is 11.6 Å². The Balaban J connectivity index is 1.71. The van der Waals surface area contributed by atoms with Crippen LogP contribution in [0.25, 0.3) is 11.4 Å². The van der Waals surface area contributed by atoms with Crippen LogP contribution in [0.15, 0.2) is 59.8 Å². The number of benzene rings is 2. The summed E-state index contributed by atoms with van der Waals surface area (Å²) in [5.74, 6) is 1.33. The second-order valence-electron chi connectivity index (χ2n) is 6.93. The Morgan fingerprint density at radius 2 is 1.89 bits per heavy atom. The summed E-state index contributed by atoms with van der Waals surface area (Å²) in [6, 6.07) is 14.7. The lowest BCUT2D eigenvalue weighted by Crippen LogP contribution is -2.31. The van der Waals surface area contributed by atoms with E-state index in [0.29, 0.717) is 33.8 Å². The molecule has 2 heterocycles. The molecule has 2 aromatic carbocycles. The third kappa shape index (κ3) is 2.82. The van der Waals surface area contributed by atoms with E-state index in [0.717, 1.165) is 29.7 Å². The van der Waals surface area contributed by atoms with Gasteiger partial charge in [0, 0.05) is 38.9 Å². The van der Waals surface area contributed by atoms with E-state index in [2.05, 4.69) is 10.3 Å². The number of aromatic nitrogens is 3. The molecule has 0 bridgehead atoms. The van der Waals surface area contributed by atoms with Gasteiger partial charge in [-0.15, -0.1) is 5.10 Å². The predicted molar refractivity (Wildman–Crippen MR) is 110 cm³/mol. The first-order valence-corrected chi connectivity index (χ1v) is 9.87. The topological polar surface area (TPSA) is 59.8 Å². The zero-order valence-corrected chi connectivity index (χ0v) is 16.3. The molecule has 2 aliphatic rings. The highest BCUT2D eigenvalue weighted by atomic mass is 35.5. The Labute approximate surface area is 172 Å². The molecule has 28 heavy (non-hydrogen) atoms. The van der Waals surface area contributed by atoms with Crippen LogP contribution in [0, 0.1) is 0 Å². The number of hydrogen-bond donors (Lipinski definition) is 1. The highest BCUT2D eigenvalue weighted by Gasteiger charge is 2.37. The lowest BCUT2D eigenvalue weighted by atomic mass is 9.85. The van der Waals surface area contributed by atoms with E-state index in [1.165, 1.54) is 0 Å². The summed E-state index contributed by atoms with van der Waals surface area (Å²) in [5, 5.41) is 9.12. The number of anilines is 1. The van der Waals surface area contributed by atoms with Gasteiger partial charge in [-0.2, -0.15) is 4.98 Å². The number of rotatable bonds is 2. The van der Waals surface area contributed by atoms with Crippen LogP contribution in [0.1, 0.15) is 30.9 Å². The molecule has 1 N–H and O–H groups in total. The number of nitrogens with one attached hydrogen (secondary N) is 1. The van der Waals surface area contributed by atoms with Crippen molar-refractivity contribution in [3.05, 3.63) is 75.4 Å². The van der Waals surface area contributed by atoms with Gasteiger partial charge in [0.2, 0.25) is 5.95 Å². The van der Waals surface area contributed by atoms with Crippen molar-refractivity contribution in [2.75, 3.05) is 5.32 Å². The normalized spacial score (nSPS) is 18.5. The molecule has 0 spiro atoms. The van der Waals surface area contributed by atoms with Crippen molar-refractivity contribution in [2.45, 2.75) is 25.3 Å². The van der Waals surface area contributed by atoms with Crippen molar-refractivity contribution in [1.82, 2.24) is 14.8 Å². The fraction of sp³-hybridized carbons (Fsp3) is 0.190. The number of ketones is 1. The van der Waals surface area contributed by atoms with Crippen LogP contribution in [-0.4, -0.2) is 20.5 Å². The maximum atomic E-state index is 12.8. The Morgan fingerprint density at radius 3 is 2.68 bits per heavy atom. The van der Waals surface area contributed by atoms with E-state index in [4.69, 9.17) is 28.3 Å². The summed E-state index contributed by atoms with van der Waals surface area (Å²) in [5.41, 5.74) is 3.33. The molecule has 1 atom stereocenters. The molecule has 0 saturated heterocycles. The molecule has 0 amide bonds. The molecular formula is C21H16Cl2N4O. The number of Topliss-reactive ketones (excluding diaryl/α,β-unsaturated/α-hetero) is 1. The average molecular weight is 411 g/mol. The van der Waals surface area contributed by atoms with E-state index < -0.39 is 6.04 Å². The lowest BCUT2D eigenvalue weighted by Gasteiger charge is -2.32. The minimum atomic E-state index is -0.422. The van der Waals surface area contributed by atoms with Gasteiger partial charge in [-0.1, -0.05) is 59.6 Å². The first-order valence-electron chi connectivity index (χ1n) is 9.12. The second-order valence-corrected chi connectivity index (χ2v) is 7.78. The molecule has 1 aliphatic carbocycles. The molecule has 0 fully saturated rings. The Kier molecular flexibility index (Phi) is 4.22. The number of fused-ring (bicyclic) bond motifs is 1. The number of halogens is 2. The van der Waals surface area contributed by atoms with Crippen molar-refractivity contribution < 1.29 is 4.79 Å². The molecule has 1 aromatic heterocycles. The number of hydrogen-bond acceptors (Lipinski definition) is 4. The highest BCUT2D eigenvalue weighted by molar-refractivity contribution is 6.35. The zero-order chi connectivity index (χ0) is 19.3. The molecule has 0 radical (unpaired) electrons. The number of nitrogens with zero attached hydrogens (tertiary/aromatic N) is 3. The molecule has 140 valence electrons. The quantitative estimate of drug-likeness (QED) is 0.624. The van der Waals surface area contributed by atoms with E-state index in [9.17, 15) is 4.79 Å². The van der Waals surface area contributed by atoms with Gasteiger partial charge in [-0.25, -0.2) is 4.68 Å². The minimum Gasteiger partial charge on any atom is -0.328 e. The van der Waals surface area contributed by atoms with Crippen LogP contribution >= 0.6 is 23.2 Å². The number of carbonyl (C=O) groups is 1. The van der Waals surface area contributed by atoms with E-state index in [-0.39, 0.29) is 5.78 Å². The van der Waals surface area contributed by atoms with Crippen LogP contribution in [-0.2, 0) is 4.79 Å². The smallest absolute Gasteiger partial charge is 0.226 e. The highest BCUT2D eigenvalue weighted by Crippen LogP contribution is 2.42. The average Bonchev–Trinajstić information content (AvgIpc) is 3.12.